The minimum atomic E-state index is 0.533. The van der Waals surface area contributed by atoms with E-state index in [0.717, 1.165) is 18.6 Å². The summed E-state index contributed by atoms with van der Waals surface area (Å²) in [7, 11) is 0. The van der Waals surface area contributed by atoms with E-state index in [9.17, 15) is 0 Å². The summed E-state index contributed by atoms with van der Waals surface area (Å²) in [6.45, 7) is 1.13. The highest BCUT2D eigenvalue weighted by Crippen LogP contribution is 2.27. The van der Waals surface area contributed by atoms with Crippen molar-refractivity contribution in [1.82, 2.24) is 5.48 Å². The standard InChI is InChI=1S/C18H19NO2/c20-19-12-15-6-7-17-11-18(9-8-16(17)10-15)21-13-14-4-2-1-3-5-14/h1-5,8-11,19-20H,6-7,12-13H2. The number of benzene rings is 2. The van der Waals surface area contributed by atoms with Gasteiger partial charge in [0.05, 0.1) is 0 Å². The van der Waals surface area contributed by atoms with Crippen LogP contribution >= 0.6 is 0 Å². The van der Waals surface area contributed by atoms with Crippen LogP contribution in [0.4, 0.5) is 0 Å². The molecule has 0 spiro atoms. The molecule has 0 heterocycles. The van der Waals surface area contributed by atoms with E-state index in [1.165, 1.54) is 22.3 Å². The molecule has 0 radical (unpaired) electrons. The lowest BCUT2D eigenvalue weighted by Gasteiger charge is -2.17. The van der Waals surface area contributed by atoms with Crippen molar-refractivity contribution >= 4 is 6.08 Å². The van der Waals surface area contributed by atoms with Gasteiger partial charge in [-0.3, -0.25) is 0 Å². The zero-order valence-electron chi connectivity index (χ0n) is 11.9. The first-order valence-corrected chi connectivity index (χ1v) is 7.21. The molecule has 1 aliphatic carbocycles. The average molecular weight is 281 g/mol. The molecule has 0 amide bonds. The van der Waals surface area contributed by atoms with E-state index in [1.54, 1.807) is 0 Å². The van der Waals surface area contributed by atoms with Crippen LogP contribution in [0.2, 0.25) is 0 Å². The smallest absolute Gasteiger partial charge is 0.120 e. The predicted octanol–water partition coefficient (Wildman–Crippen LogP) is 3.57. The Bertz CT molecular complexity index is 635. The third-order valence-electron chi connectivity index (χ3n) is 3.74. The molecule has 0 unspecified atom stereocenters. The Hall–Kier alpha value is -2.10. The monoisotopic (exact) mass is 281 g/mol. The fourth-order valence-corrected chi connectivity index (χ4v) is 2.60. The first-order chi connectivity index (χ1) is 10.3. The summed E-state index contributed by atoms with van der Waals surface area (Å²) >= 11 is 0. The Morgan fingerprint density at radius 1 is 1.05 bits per heavy atom. The van der Waals surface area contributed by atoms with Gasteiger partial charge in [-0.15, -0.1) is 0 Å². The minimum absolute atomic E-state index is 0.533. The van der Waals surface area contributed by atoms with E-state index in [2.05, 4.69) is 35.8 Å². The highest BCUT2D eigenvalue weighted by molar-refractivity contribution is 5.61. The molecule has 2 N–H and O–H groups in total. The normalized spacial score (nSPS) is 13.5. The molecule has 3 heteroatoms. The molecule has 0 saturated carbocycles. The molecule has 1 aliphatic rings. The maximum absolute atomic E-state index is 8.78. The largest absolute Gasteiger partial charge is 0.489 e. The van der Waals surface area contributed by atoms with Gasteiger partial charge in [0.25, 0.3) is 0 Å². The summed E-state index contributed by atoms with van der Waals surface area (Å²) in [5.41, 5.74) is 7.15. The number of fused-ring (bicyclic) bond motifs is 1. The summed E-state index contributed by atoms with van der Waals surface area (Å²) in [4.78, 5) is 0. The lowest BCUT2D eigenvalue weighted by Crippen LogP contribution is -2.14. The van der Waals surface area contributed by atoms with Crippen LogP contribution in [-0.4, -0.2) is 11.8 Å². The van der Waals surface area contributed by atoms with Crippen LogP contribution < -0.4 is 10.2 Å². The van der Waals surface area contributed by atoms with Crippen LogP contribution in [0.25, 0.3) is 6.08 Å². The van der Waals surface area contributed by atoms with Gasteiger partial charge in [-0.05, 0) is 41.7 Å². The van der Waals surface area contributed by atoms with Crippen molar-refractivity contribution in [1.29, 1.82) is 0 Å². The van der Waals surface area contributed by atoms with E-state index in [0.29, 0.717) is 13.2 Å². The summed E-state index contributed by atoms with van der Waals surface area (Å²) in [6, 6.07) is 16.4. The van der Waals surface area contributed by atoms with Gasteiger partial charge in [0.2, 0.25) is 0 Å². The maximum atomic E-state index is 8.78. The summed E-state index contributed by atoms with van der Waals surface area (Å²) in [5, 5.41) is 8.78. The van der Waals surface area contributed by atoms with Gasteiger partial charge in [-0.25, -0.2) is 5.48 Å². The molecule has 108 valence electrons. The zero-order valence-corrected chi connectivity index (χ0v) is 11.9. The van der Waals surface area contributed by atoms with Gasteiger partial charge in [0.1, 0.15) is 12.4 Å². The molecule has 0 atom stereocenters. The third kappa shape index (κ3) is 3.51. The van der Waals surface area contributed by atoms with Crippen LogP contribution in [-0.2, 0) is 13.0 Å². The van der Waals surface area contributed by atoms with E-state index in [-0.39, 0.29) is 0 Å². The van der Waals surface area contributed by atoms with Crippen molar-refractivity contribution in [3.63, 3.8) is 0 Å². The molecular weight excluding hydrogens is 262 g/mol. The molecule has 0 aliphatic heterocycles. The van der Waals surface area contributed by atoms with Crippen LogP contribution in [0.15, 0.2) is 54.1 Å². The fraction of sp³-hybridized carbons (Fsp3) is 0.222. The topological polar surface area (TPSA) is 41.5 Å². The highest BCUT2D eigenvalue weighted by atomic mass is 16.5. The van der Waals surface area contributed by atoms with Gasteiger partial charge < -0.3 is 9.94 Å². The number of hydrogen-bond donors (Lipinski definition) is 2. The van der Waals surface area contributed by atoms with Gasteiger partial charge in [0, 0.05) is 6.54 Å². The van der Waals surface area contributed by atoms with Crippen LogP contribution in [0.3, 0.4) is 0 Å². The molecule has 0 fully saturated rings. The lowest BCUT2D eigenvalue weighted by molar-refractivity contribution is 0.176. The fourth-order valence-electron chi connectivity index (χ4n) is 2.60. The van der Waals surface area contributed by atoms with Crippen molar-refractivity contribution in [2.24, 2.45) is 0 Å². The number of ether oxygens (including phenoxy) is 1. The van der Waals surface area contributed by atoms with E-state index in [1.807, 2.05) is 24.3 Å². The minimum Gasteiger partial charge on any atom is -0.489 e. The SMILES string of the molecule is ONCC1=Cc2ccc(OCc3ccccc3)cc2CC1. The number of hydrogen-bond acceptors (Lipinski definition) is 3. The quantitative estimate of drug-likeness (QED) is 0.823. The molecule has 2 aromatic carbocycles. The molecule has 0 aromatic heterocycles. The van der Waals surface area contributed by atoms with Gasteiger partial charge in [-0.2, -0.15) is 0 Å². The van der Waals surface area contributed by atoms with E-state index < -0.39 is 0 Å². The van der Waals surface area contributed by atoms with Crippen molar-refractivity contribution in [3.8, 4) is 5.75 Å². The Balaban J connectivity index is 1.69. The van der Waals surface area contributed by atoms with Gasteiger partial charge >= 0.3 is 0 Å². The first-order valence-electron chi connectivity index (χ1n) is 7.21. The van der Waals surface area contributed by atoms with Crippen LogP contribution in [0.5, 0.6) is 5.75 Å². The molecule has 3 rings (SSSR count). The second-order valence-electron chi connectivity index (χ2n) is 5.27. The van der Waals surface area contributed by atoms with Crippen molar-refractivity contribution < 1.29 is 9.94 Å². The predicted molar refractivity (Wildman–Crippen MR) is 83.3 cm³/mol. The Morgan fingerprint density at radius 3 is 2.71 bits per heavy atom. The zero-order chi connectivity index (χ0) is 14.5. The van der Waals surface area contributed by atoms with Crippen LogP contribution in [0.1, 0.15) is 23.1 Å². The number of rotatable bonds is 5. The molecule has 3 nitrogen and oxygen atoms in total. The first kappa shape index (κ1) is 13.9. The number of nitrogens with one attached hydrogen (secondary N) is 1. The summed E-state index contributed by atoms with van der Waals surface area (Å²) in [5.74, 6) is 0.912. The van der Waals surface area contributed by atoms with Crippen LogP contribution in [0, 0.1) is 0 Å². The van der Waals surface area contributed by atoms with Crippen molar-refractivity contribution in [3.05, 3.63) is 70.8 Å². The number of hydroxylamine groups is 1. The van der Waals surface area contributed by atoms with E-state index >= 15 is 0 Å². The number of aryl methyl sites for hydroxylation is 1. The van der Waals surface area contributed by atoms with Crippen molar-refractivity contribution in [2.45, 2.75) is 19.4 Å². The second-order valence-corrected chi connectivity index (χ2v) is 5.27. The Labute approximate surface area is 124 Å². The summed E-state index contributed by atoms with van der Waals surface area (Å²) < 4.78 is 5.86. The third-order valence-corrected chi connectivity index (χ3v) is 3.74. The lowest BCUT2D eigenvalue weighted by atomic mass is 9.92. The summed E-state index contributed by atoms with van der Waals surface area (Å²) in [6.07, 6.45) is 4.11. The molecule has 21 heavy (non-hydrogen) atoms. The van der Waals surface area contributed by atoms with Gasteiger partial charge in [0.15, 0.2) is 0 Å². The van der Waals surface area contributed by atoms with Crippen molar-refractivity contribution in [2.75, 3.05) is 6.54 Å². The molecule has 2 aromatic rings. The maximum Gasteiger partial charge on any atom is 0.120 e. The Kier molecular flexibility index (Phi) is 4.34. The molecule has 0 bridgehead atoms. The van der Waals surface area contributed by atoms with Gasteiger partial charge in [-0.1, -0.05) is 48.0 Å². The van der Waals surface area contributed by atoms with E-state index in [4.69, 9.17) is 9.94 Å². The molecule has 0 saturated heterocycles. The average Bonchev–Trinajstić information content (AvgIpc) is 2.54. The highest BCUT2D eigenvalue weighted by Gasteiger charge is 2.11. The Morgan fingerprint density at radius 2 is 1.90 bits per heavy atom. The molecular formula is C18H19NO2. The second kappa shape index (κ2) is 6.57.